The highest BCUT2D eigenvalue weighted by Gasteiger charge is 2.32. The first kappa shape index (κ1) is 30.3. The largest absolute Gasteiger partial charge is 0.508 e. The molecular formula is C27H36N4O7. The van der Waals surface area contributed by atoms with Crippen LogP contribution in [0.25, 0.3) is 0 Å². The van der Waals surface area contributed by atoms with Crippen LogP contribution in [0.3, 0.4) is 0 Å². The Morgan fingerprint density at radius 3 is 1.95 bits per heavy atom. The number of amides is 3. The maximum Gasteiger partial charge on any atom is 0.326 e. The molecule has 5 unspecified atom stereocenters. The number of hydrogen-bond acceptors (Lipinski definition) is 7. The van der Waals surface area contributed by atoms with E-state index in [9.17, 15) is 34.5 Å². The number of nitrogens with one attached hydrogen (secondary N) is 3. The number of carbonyl (C=O) groups is 4. The Kier molecular flexibility index (Phi) is 11.7. The summed E-state index contributed by atoms with van der Waals surface area (Å²) in [5.41, 5.74) is 7.35. The molecule has 0 aliphatic heterocycles. The fourth-order valence-electron chi connectivity index (χ4n) is 3.72. The Balaban J connectivity index is 2.05. The average molecular weight is 529 g/mol. The highest BCUT2D eigenvalue weighted by molar-refractivity contribution is 5.94. The average Bonchev–Trinajstić information content (AvgIpc) is 2.90. The molecule has 2 rings (SSSR count). The third kappa shape index (κ3) is 9.16. The van der Waals surface area contributed by atoms with Gasteiger partial charge in [0.25, 0.3) is 0 Å². The molecule has 0 bridgehead atoms. The van der Waals surface area contributed by atoms with E-state index in [1.807, 2.05) is 6.92 Å². The van der Waals surface area contributed by atoms with Crippen molar-refractivity contribution in [2.45, 2.75) is 57.3 Å². The van der Waals surface area contributed by atoms with E-state index >= 15 is 0 Å². The van der Waals surface area contributed by atoms with Crippen LogP contribution in [0.1, 0.15) is 31.4 Å². The molecule has 0 fully saturated rings. The normalized spacial score (nSPS) is 14.8. The van der Waals surface area contributed by atoms with E-state index in [1.54, 1.807) is 49.4 Å². The Bertz CT molecular complexity index is 1080. The number of aliphatic hydroxyl groups excluding tert-OH is 1. The molecule has 0 saturated heterocycles. The number of rotatable bonds is 14. The number of carboxylic acid groups (broad SMARTS) is 1. The Morgan fingerprint density at radius 1 is 0.816 bits per heavy atom. The van der Waals surface area contributed by atoms with Gasteiger partial charge >= 0.3 is 5.97 Å². The van der Waals surface area contributed by atoms with Gasteiger partial charge in [0, 0.05) is 6.42 Å². The Labute approximate surface area is 221 Å². The van der Waals surface area contributed by atoms with Gasteiger partial charge in [0.2, 0.25) is 17.7 Å². The highest BCUT2D eigenvalue weighted by Crippen LogP contribution is 2.12. The third-order valence-electron chi connectivity index (χ3n) is 6.23. The number of hydrogen-bond donors (Lipinski definition) is 7. The van der Waals surface area contributed by atoms with Gasteiger partial charge in [-0.25, -0.2) is 4.79 Å². The van der Waals surface area contributed by atoms with Gasteiger partial charge in [-0.2, -0.15) is 0 Å². The van der Waals surface area contributed by atoms with Crippen LogP contribution < -0.4 is 21.7 Å². The second-order valence-electron chi connectivity index (χ2n) is 9.18. The van der Waals surface area contributed by atoms with Crippen molar-refractivity contribution >= 4 is 23.7 Å². The molecule has 11 nitrogen and oxygen atoms in total. The van der Waals surface area contributed by atoms with Crippen molar-refractivity contribution in [3.8, 4) is 5.75 Å². The lowest BCUT2D eigenvalue weighted by Crippen LogP contribution is -2.59. The van der Waals surface area contributed by atoms with Crippen LogP contribution in [0.15, 0.2) is 54.6 Å². The van der Waals surface area contributed by atoms with Gasteiger partial charge in [-0.3, -0.25) is 14.4 Å². The quantitative estimate of drug-likeness (QED) is 0.179. The molecular weight excluding hydrogens is 492 g/mol. The van der Waals surface area contributed by atoms with Crippen LogP contribution in [-0.2, 0) is 32.0 Å². The Morgan fingerprint density at radius 2 is 1.39 bits per heavy atom. The zero-order chi connectivity index (χ0) is 28.2. The number of carboxylic acids is 1. The van der Waals surface area contributed by atoms with Gasteiger partial charge in [0.05, 0.1) is 12.6 Å². The van der Waals surface area contributed by atoms with E-state index in [-0.39, 0.29) is 24.5 Å². The van der Waals surface area contributed by atoms with Gasteiger partial charge in [0.1, 0.15) is 23.9 Å². The first-order valence-corrected chi connectivity index (χ1v) is 12.4. The van der Waals surface area contributed by atoms with E-state index in [4.69, 9.17) is 5.73 Å². The predicted octanol–water partition coefficient (Wildman–Crippen LogP) is 0.0821. The second-order valence-corrected chi connectivity index (χ2v) is 9.18. The Hall–Kier alpha value is -3.96. The molecule has 0 saturated carbocycles. The predicted molar refractivity (Wildman–Crippen MR) is 140 cm³/mol. The highest BCUT2D eigenvalue weighted by atomic mass is 16.4. The van der Waals surface area contributed by atoms with Crippen LogP contribution in [-0.4, -0.2) is 69.8 Å². The first-order chi connectivity index (χ1) is 18.0. The molecule has 2 aromatic rings. The first-order valence-electron chi connectivity index (χ1n) is 12.4. The van der Waals surface area contributed by atoms with Crippen molar-refractivity contribution in [2.75, 3.05) is 6.61 Å². The summed E-state index contributed by atoms with van der Waals surface area (Å²) in [6.45, 7) is 2.78. The van der Waals surface area contributed by atoms with Crippen molar-refractivity contribution in [3.05, 3.63) is 65.7 Å². The lowest BCUT2D eigenvalue weighted by Gasteiger charge is -2.27. The number of aliphatic hydroxyl groups is 1. The SMILES string of the molecule is CCC(C)C(NC(=O)C(CO)NC(=O)C(N)Cc1ccc(O)cc1)C(=O)NC(Cc1ccccc1)C(=O)O. The minimum Gasteiger partial charge on any atom is -0.508 e. The van der Waals surface area contributed by atoms with Crippen molar-refractivity contribution in [1.82, 2.24) is 16.0 Å². The summed E-state index contributed by atoms with van der Waals surface area (Å²) >= 11 is 0. The molecule has 11 heteroatoms. The van der Waals surface area contributed by atoms with Gasteiger partial charge in [-0.1, -0.05) is 62.7 Å². The van der Waals surface area contributed by atoms with Crippen molar-refractivity contribution in [1.29, 1.82) is 0 Å². The van der Waals surface area contributed by atoms with Gasteiger partial charge < -0.3 is 37.0 Å². The number of benzene rings is 2. The summed E-state index contributed by atoms with van der Waals surface area (Å²) < 4.78 is 0. The van der Waals surface area contributed by atoms with Gasteiger partial charge in [-0.05, 0) is 35.6 Å². The van der Waals surface area contributed by atoms with E-state index in [0.29, 0.717) is 12.0 Å². The molecule has 5 atom stereocenters. The molecule has 38 heavy (non-hydrogen) atoms. The maximum absolute atomic E-state index is 13.1. The summed E-state index contributed by atoms with van der Waals surface area (Å²) in [5.74, 6) is -3.73. The van der Waals surface area contributed by atoms with Crippen LogP contribution in [0.2, 0.25) is 0 Å². The summed E-state index contributed by atoms with van der Waals surface area (Å²) in [6, 6.07) is 10.2. The van der Waals surface area contributed by atoms with Crippen LogP contribution in [0.4, 0.5) is 0 Å². The van der Waals surface area contributed by atoms with Crippen molar-refractivity contribution in [2.24, 2.45) is 11.7 Å². The monoisotopic (exact) mass is 528 g/mol. The fourth-order valence-corrected chi connectivity index (χ4v) is 3.72. The van der Waals surface area contributed by atoms with Crippen LogP contribution >= 0.6 is 0 Å². The second kappa shape index (κ2) is 14.7. The third-order valence-corrected chi connectivity index (χ3v) is 6.23. The zero-order valence-electron chi connectivity index (χ0n) is 21.5. The lowest BCUT2D eigenvalue weighted by molar-refractivity contribution is -0.142. The van der Waals surface area contributed by atoms with Crippen molar-refractivity contribution < 1.29 is 34.5 Å². The molecule has 0 heterocycles. The number of aliphatic carboxylic acids is 1. The van der Waals surface area contributed by atoms with Crippen molar-refractivity contribution in [3.63, 3.8) is 0 Å². The molecule has 8 N–H and O–H groups in total. The number of nitrogens with two attached hydrogens (primary N) is 1. The van der Waals surface area contributed by atoms with E-state index in [0.717, 1.165) is 5.56 Å². The number of phenols is 1. The molecule has 0 aliphatic rings. The van der Waals surface area contributed by atoms with E-state index < -0.39 is 54.5 Å². The molecule has 0 aliphatic carbocycles. The molecule has 206 valence electrons. The van der Waals surface area contributed by atoms with E-state index in [2.05, 4.69) is 16.0 Å². The molecule has 0 spiro atoms. The topological polar surface area (TPSA) is 191 Å². The minimum absolute atomic E-state index is 0.0529. The minimum atomic E-state index is -1.38. The van der Waals surface area contributed by atoms with E-state index in [1.165, 1.54) is 12.1 Å². The molecule has 3 amide bonds. The molecule has 0 aromatic heterocycles. The van der Waals surface area contributed by atoms with Crippen LogP contribution in [0.5, 0.6) is 5.75 Å². The van der Waals surface area contributed by atoms with Gasteiger partial charge in [-0.15, -0.1) is 0 Å². The van der Waals surface area contributed by atoms with Crippen LogP contribution in [0, 0.1) is 5.92 Å². The summed E-state index contributed by atoms with van der Waals surface area (Å²) in [4.78, 5) is 50.4. The number of phenolic OH excluding ortho intramolecular Hbond substituents is 1. The number of aromatic hydroxyl groups is 1. The number of carbonyl (C=O) groups excluding carboxylic acids is 3. The standard InChI is InChI=1S/C27H36N4O7/c1-3-16(2)23(26(36)29-21(27(37)38)14-17-7-5-4-6-8-17)31-25(35)22(15-32)30-24(34)20(28)13-18-9-11-19(33)12-10-18/h4-12,16,20-23,32-33H,3,13-15,28H2,1-2H3,(H,29,36)(H,30,34)(H,31,35)(H,37,38). The zero-order valence-corrected chi connectivity index (χ0v) is 21.5. The molecule has 2 aromatic carbocycles. The summed E-state index contributed by atoms with van der Waals surface area (Å²) in [7, 11) is 0. The fraction of sp³-hybridized carbons (Fsp3) is 0.407. The van der Waals surface area contributed by atoms with Gasteiger partial charge in [0.15, 0.2) is 0 Å². The lowest BCUT2D eigenvalue weighted by atomic mass is 9.97. The maximum atomic E-state index is 13.1. The smallest absolute Gasteiger partial charge is 0.326 e. The summed E-state index contributed by atoms with van der Waals surface area (Å²) in [5, 5.41) is 36.2. The summed E-state index contributed by atoms with van der Waals surface area (Å²) in [6.07, 6.45) is 0.668. The molecule has 0 radical (unpaired) electrons.